The number of halogens is 5. The van der Waals surface area contributed by atoms with Crippen LogP contribution in [0.15, 0.2) is 152 Å². The Morgan fingerprint density at radius 3 is 1.02 bits per heavy atom. The highest BCUT2D eigenvalue weighted by atomic mass is 19.4. The summed E-state index contributed by atoms with van der Waals surface area (Å²) in [5.74, 6) is -0.212. The van der Waals surface area contributed by atoms with Crippen LogP contribution >= 0.6 is 0 Å². The summed E-state index contributed by atoms with van der Waals surface area (Å²) in [6.07, 6.45) is -5.13. The minimum absolute atomic E-state index is 0.00262. The Morgan fingerprint density at radius 1 is 0.385 bits per heavy atom. The van der Waals surface area contributed by atoms with E-state index in [9.17, 15) is 0 Å². The van der Waals surface area contributed by atoms with E-state index in [0.29, 0.717) is 45.7 Å². The molecule has 0 fully saturated rings. The number of para-hydroxylation sites is 8. The van der Waals surface area contributed by atoms with Crippen molar-refractivity contribution >= 4 is 34.1 Å². The second kappa shape index (κ2) is 12.0. The first-order valence-corrected chi connectivity index (χ1v) is 16.4. The van der Waals surface area contributed by atoms with E-state index in [1.807, 2.05) is 0 Å². The van der Waals surface area contributed by atoms with Gasteiger partial charge in [0.2, 0.25) is 0 Å². The van der Waals surface area contributed by atoms with Crippen molar-refractivity contribution in [1.29, 1.82) is 0 Å². The molecule has 0 saturated carbocycles. The van der Waals surface area contributed by atoms with Crippen molar-refractivity contribution in [3.63, 3.8) is 0 Å². The number of anilines is 6. The van der Waals surface area contributed by atoms with Gasteiger partial charge in [0.1, 0.15) is 11.6 Å². The Morgan fingerprint density at radius 2 is 0.692 bits per heavy atom. The molecule has 2 aliphatic heterocycles. The van der Waals surface area contributed by atoms with Gasteiger partial charge in [0.15, 0.2) is 23.0 Å². The van der Waals surface area contributed by atoms with Crippen LogP contribution in [0, 0.1) is 11.6 Å². The van der Waals surface area contributed by atoms with E-state index in [1.54, 1.807) is 113 Å². The first-order valence-electron chi connectivity index (χ1n) is 16.4. The van der Waals surface area contributed by atoms with Crippen LogP contribution in [-0.4, -0.2) is 0 Å². The second-order valence-electron chi connectivity index (χ2n) is 12.2. The van der Waals surface area contributed by atoms with Crippen LogP contribution in [0.1, 0.15) is 5.56 Å². The zero-order valence-electron chi connectivity index (χ0n) is 27.0. The van der Waals surface area contributed by atoms with E-state index in [1.165, 1.54) is 36.4 Å². The van der Waals surface area contributed by atoms with E-state index in [0.717, 1.165) is 12.1 Å². The quantitative estimate of drug-likeness (QED) is 0.171. The number of nitrogens with zero attached hydrogens (tertiary/aromatic N) is 2. The van der Waals surface area contributed by atoms with Gasteiger partial charge in [-0.25, -0.2) is 8.78 Å². The van der Waals surface area contributed by atoms with E-state index < -0.39 is 34.5 Å². The van der Waals surface area contributed by atoms with E-state index >= 15 is 22.0 Å². The Hall–Kier alpha value is -6.61. The van der Waals surface area contributed by atoms with Gasteiger partial charge < -0.3 is 19.3 Å². The van der Waals surface area contributed by atoms with Gasteiger partial charge in [-0.2, -0.15) is 13.2 Å². The van der Waals surface area contributed by atoms with Crippen LogP contribution in [0.3, 0.4) is 0 Å². The molecule has 0 amide bonds. The summed E-state index contributed by atoms with van der Waals surface area (Å²) in [5, 5.41) is 0. The fourth-order valence-electron chi connectivity index (χ4n) is 7.09. The lowest BCUT2D eigenvalue weighted by molar-refractivity contribution is -0.136. The number of hydrogen-bond acceptors (Lipinski definition) is 4. The smallest absolute Gasteiger partial charge is 0.417 e. The average Bonchev–Trinajstić information content (AvgIpc) is 3.15. The maximum atomic E-state index is 16.3. The molecule has 2 aliphatic rings. The van der Waals surface area contributed by atoms with Crippen LogP contribution in [0.25, 0.3) is 22.3 Å². The van der Waals surface area contributed by atoms with Gasteiger partial charge in [0, 0.05) is 22.3 Å². The summed E-state index contributed by atoms with van der Waals surface area (Å²) in [7, 11) is 0. The first-order chi connectivity index (χ1) is 25.3. The monoisotopic (exact) mass is 696 g/mol. The maximum Gasteiger partial charge on any atom is 0.417 e. The number of fused-ring (bicyclic) bond motifs is 4. The molecule has 4 nitrogen and oxygen atoms in total. The molecule has 52 heavy (non-hydrogen) atoms. The third-order valence-electron chi connectivity index (χ3n) is 9.20. The zero-order valence-corrected chi connectivity index (χ0v) is 27.0. The molecule has 0 saturated heterocycles. The van der Waals surface area contributed by atoms with Gasteiger partial charge >= 0.3 is 6.18 Å². The predicted octanol–water partition coefficient (Wildman–Crippen LogP) is 13.5. The molecule has 0 bridgehead atoms. The topological polar surface area (TPSA) is 24.9 Å². The fraction of sp³-hybridized carbons (Fsp3) is 0.0233. The van der Waals surface area contributed by atoms with Crippen molar-refractivity contribution in [2.24, 2.45) is 0 Å². The van der Waals surface area contributed by atoms with Crippen molar-refractivity contribution in [3.8, 4) is 45.3 Å². The van der Waals surface area contributed by atoms with Gasteiger partial charge in [-0.3, -0.25) is 0 Å². The molecule has 254 valence electrons. The standard InChI is InChI=1S/C43H25F5N2O2/c44-28-15-3-1-13-26(28)40-34(49-30-17-5-9-21-36(30)51-37-22-10-6-18-31(37)49)25-35(41(42(40)43(46,47)48)27-14-2-4-16-29(27)45)50-32-19-7-11-23-38(32)52-39-24-12-8-20-33(39)50/h1-25H. The van der Waals surface area contributed by atoms with Crippen LogP contribution in [0.2, 0.25) is 0 Å². The number of benzene rings is 7. The van der Waals surface area contributed by atoms with Gasteiger partial charge in [-0.1, -0.05) is 84.9 Å². The Bertz CT molecular complexity index is 2280. The highest BCUT2D eigenvalue weighted by Gasteiger charge is 2.44. The molecule has 0 atom stereocenters. The molecule has 7 aromatic rings. The molecule has 0 aromatic heterocycles. The molecular formula is C43H25F5N2O2. The van der Waals surface area contributed by atoms with E-state index in [2.05, 4.69) is 0 Å². The highest BCUT2D eigenvalue weighted by molar-refractivity contribution is 6.04. The third kappa shape index (κ3) is 4.96. The van der Waals surface area contributed by atoms with Crippen molar-refractivity contribution < 1.29 is 31.4 Å². The molecule has 9 heteroatoms. The fourth-order valence-corrected chi connectivity index (χ4v) is 7.09. The van der Waals surface area contributed by atoms with Crippen LogP contribution < -0.4 is 19.3 Å². The lowest BCUT2D eigenvalue weighted by Gasteiger charge is -2.39. The lowest BCUT2D eigenvalue weighted by Crippen LogP contribution is -2.23. The molecule has 0 radical (unpaired) electrons. The second-order valence-corrected chi connectivity index (χ2v) is 12.2. The minimum Gasteiger partial charge on any atom is -0.453 e. The van der Waals surface area contributed by atoms with Crippen molar-refractivity contribution in [3.05, 3.63) is 169 Å². The third-order valence-corrected chi connectivity index (χ3v) is 9.20. The van der Waals surface area contributed by atoms with Crippen molar-refractivity contribution in [2.45, 2.75) is 6.18 Å². The Labute approximate surface area is 295 Å². The molecule has 0 unspecified atom stereocenters. The molecule has 0 N–H and O–H groups in total. The molecule has 0 spiro atoms. The summed E-state index contributed by atoms with van der Waals surface area (Å²) in [5.41, 5.74) is -1.04. The van der Waals surface area contributed by atoms with Crippen LogP contribution in [0.5, 0.6) is 23.0 Å². The predicted molar refractivity (Wildman–Crippen MR) is 192 cm³/mol. The Balaban J connectivity index is 1.52. The average molecular weight is 697 g/mol. The number of alkyl halides is 3. The Kier molecular flexibility index (Phi) is 7.25. The molecule has 7 aromatic carbocycles. The summed E-state index contributed by atoms with van der Waals surface area (Å²) >= 11 is 0. The maximum absolute atomic E-state index is 16.3. The van der Waals surface area contributed by atoms with Gasteiger partial charge in [-0.05, 0) is 66.7 Å². The molecule has 9 rings (SSSR count). The van der Waals surface area contributed by atoms with Gasteiger partial charge in [-0.15, -0.1) is 0 Å². The van der Waals surface area contributed by atoms with E-state index in [-0.39, 0.29) is 22.5 Å². The number of rotatable bonds is 4. The highest BCUT2D eigenvalue weighted by Crippen LogP contribution is 2.61. The summed E-state index contributed by atoms with van der Waals surface area (Å²) in [6, 6.07) is 40.1. The number of ether oxygens (including phenoxy) is 2. The zero-order chi connectivity index (χ0) is 35.6. The van der Waals surface area contributed by atoms with Crippen molar-refractivity contribution in [2.75, 3.05) is 9.80 Å². The SMILES string of the molecule is Fc1ccccc1-c1c(N2c3ccccc3Oc3ccccc32)cc(N2c3ccccc3Oc3ccccc32)c(-c2ccccc2F)c1C(F)(F)F. The number of hydrogen-bond donors (Lipinski definition) is 0. The lowest BCUT2D eigenvalue weighted by atomic mass is 9.86. The minimum atomic E-state index is -5.13. The first kappa shape index (κ1) is 31.4. The van der Waals surface area contributed by atoms with Gasteiger partial charge in [0.05, 0.1) is 39.7 Å². The van der Waals surface area contributed by atoms with Gasteiger partial charge in [0.25, 0.3) is 0 Å². The van der Waals surface area contributed by atoms with Crippen LogP contribution in [0.4, 0.5) is 56.1 Å². The molecular weight excluding hydrogens is 671 g/mol. The normalized spacial score (nSPS) is 12.9. The van der Waals surface area contributed by atoms with E-state index in [4.69, 9.17) is 9.47 Å². The summed E-state index contributed by atoms with van der Waals surface area (Å²) in [4.78, 5) is 3.30. The molecule has 2 heterocycles. The molecule has 0 aliphatic carbocycles. The summed E-state index contributed by atoms with van der Waals surface area (Å²) < 4.78 is 93.6. The van der Waals surface area contributed by atoms with Crippen LogP contribution in [-0.2, 0) is 6.18 Å². The largest absolute Gasteiger partial charge is 0.453 e. The summed E-state index contributed by atoms with van der Waals surface area (Å²) in [6.45, 7) is 0. The van der Waals surface area contributed by atoms with Crippen molar-refractivity contribution in [1.82, 2.24) is 0 Å².